The van der Waals surface area contributed by atoms with E-state index >= 15 is 0 Å². The molecule has 0 saturated carbocycles. The Morgan fingerprint density at radius 3 is 2.89 bits per heavy atom. The van der Waals surface area contributed by atoms with Gasteiger partial charge < -0.3 is 9.73 Å². The maximum atomic E-state index is 5.94. The second kappa shape index (κ2) is 4.90. The van der Waals surface area contributed by atoms with E-state index < -0.39 is 0 Å². The lowest BCUT2D eigenvalue weighted by molar-refractivity contribution is 0.465. The molecule has 0 aliphatic heterocycles. The smallest absolute Gasteiger partial charge is 0.134 e. The summed E-state index contributed by atoms with van der Waals surface area (Å²) in [4.78, 5) is 0. The molecule has 1 N–H and O–H groups in total. The zero-order valence-electron chi connectivity index (χ0n) is 11.1. The zero-order valence-corrected chi connectivity index (χ0v) is 11.1. The van der Waals surface area contributed by atoms with Crippen molar-refractivity contribution in [3.8, 4) is 0 Å². The fraction of sp³-hybridized carbons (Fsp3) is 0.267. The summed E-state index contributed by atoms with van der Waals surface area (Å²) in [6, 6.07) is 12.2. The van der Waals surface area contributed by atoms with Gasteiger partial charge in [0.2, 0.25) is 0 Å². The lowest BCUT2D eigenvalue weighted by atomic mass is 10.1. The Morgan fingerprint density at radius 2 is 2.16 bits per heavy atom. The van der Waals surface area contributed by atoms with Crippen LogP contribution < -0.4 is 5.32 Å². The molecule has 4 heteroatoms. The van der Waals surface area contributed by atoms with Crippen LogP contribution in [0.15, 0.2) is 47.0 Å². The molecule has 0 radical (unpaired) electrons. The Labute approximate surface area is 112 Å². The average molecular weight is 255 g/mol. The SMILES string of the molecule is CCn1nccc1C(NC)c1cc2ccccc2o1. The topological polar surface area (TPSA) is 43.0 Å². The maximum Gasteiger partial charge on any atom is 0.134 e. The summed E-state index contributed by atoms with van der Waals surface area (Å²) in [5.41, 5.74) is 2.03. The molecule has 0 aliphatic rings. The van der Waals surface area contributed by atoms with Crippen molar-refractivity contribution < 1.29 is 4.42 Å². The van der Waals surface area contributed by atoms with E-state index in [1.54, 1.807) is 0 Å². The number of benzene rings is 1. The van der Waals surface area contributed by atoms with Crippen molar-refractivity contribution in [1.82, 2.24) is 15.1 Å². The van der Waals surface area contributed by atoms with E-state index in [2.05, 4.69) is 29.5 Å². The molecule has 0 fully saturated rings. The van der Waals surface area contributed by atoms with Crippen molar-refractivity contribution in [3.63, 3.8) is 0 Å². The number of aryl methyl sites for hydroxylation is 1. The third-order valence-electron chi connectivity index (χ3n) is 3.36. The molecule has 1 aromatic carbocycles. The van der Waals surface area contributed by atoms with Gasteiger partial charge in [-0.1, -0.05) is 18.2 Å². The lowest BCUT2D eigenvalue weighted by Crippen LogP contribution is -2.20. The molecule has 2 aromatic heterocycles. The third kappa shape index (κ3) is 2.04. The number of hydrogen-bond donors (Lipinski definition) is 1. The quantitative estimate of drug-likeness (QED) is 0.779. The summed E-state index contributed by atoms with van der Waals surface area (Å²) in [5.74, 6) is 0.916. The van der Waals surface area contributed by atoms with Crippen LogP contribution in [0.25, 0.3) is 11.0 Å². The van der Waals surface area contributed by atoms with Gasteiger partial charge in [-0.05, 0) is 32.2 Å². The molecule has 1 unspecified atom stereocenters. The fourth-order valence-electron chi connectivity index (χ4n) is 2.43. The molecule has 19 heavy (non-hydrogen) atoms. The summed E-state index contributed by atoms with van der Waals surface area (Å²) in [6.07, 6.45) is 1.83. The first kappa shape index (κ1) is 12.0. The van der Waals surface area contributed by atoms with Gasteiger partial charge in [-0.15, -0.1) is 0 Å². The van der Waals surface area contributed by atoms with Gasteiger partial charge in [0.05, 0.1) is 5.69 Å². The molecular formula is C15H17N3O. The van der Waals surface area contributed by atoms with Gasteiger partial charge in [-0.3, -0.25) is 4.68 Å². The number of fused-ring (bicyclic) bond motifs is 1. The highest BCUT2D eigenvalue weighted by molar-refractivity contribution is 5.77. The third-order valence-corrected chi connectivity index (χ3v) is 3.36. The first-order valence-electron chi connectivity index (χ1n) is 6.51. The minimum absolute atomic E-state index is 0.0230. The van der Waals surface area contributed by atoms with E-state index in [9.17, 15) is 0 Å². The zero-order chi connectivity index (χ0) is 13.2. The first-order chi connectivity index (χ1) is 9.33. The van der Waals surface area contributed by atoms with Crippen molar-refractivity contribution in [2.24, 2.45) is 0 Å². The Kier molecular flexibility index (Phi) is 3.09. The molecule has 0 spiro atoms. The van der Waals surface area contributed by atoms with Crippen LogP contribution in [-0.4, -0.2) is 16.8 Å². The summed E-state index contributed by atoms with van der Waals surface area (Å²) in [6.45, 7) is 2.93. The number of nitrogens with zero attached hydrogens (tertiary/aromatic N) is 2. The molecule has 4 nitrogen and oxygen atoms in total. The molecule has 0 saturated heterocycles. The fourth-order valence-corrected chi connectivity index (χ4v) is 2.43. The monoisotopic (exact) mass is 255 g/mol. The van der Waals surface area contributed by atoms with Gasteiger partial charge in [0.25, 0.3) is 0 Å². The van der Waals surface area contributed by atoms with Crippen molar-refractivity contribution >= 4 is 11.0 Å². The van der Waals surface area contributed by atoms with Crippen molar-refractivity contribution in [2.45, 2.75) is 19.5 Å². The first-order valence-corrected chi connectivity index (χ1v) is 6.51. The molecule has 98 valence electrons. The van der Waals surface area contributed by atoms with Gasteiger partial charge in [-0.2, -0.15) is 5.10 Å². The second-order valence-corrected chi connectivity index (χ2v) is 4.48. The van der Waals surface area contributed by atoms with Crippen LogP contribution in [-0.2, 0) is 6.54 Å². The van der Waals surface area contributed by atoms with Gasteiger partial charge in [0.15, 0.2) is 0 Å². The molecule has 3 rings (SSSR count). The minimum atomic E-state index is 0.0230. The highest BCUT2D eigenvalue weighted by atomic mass is 16.3. The predicted molar refractivity (Wildman–Crippen MR) is 75.0 cm³/mol. The number of rotatable bonds is 4. The molecular weight excluding hydrogens is 238 g/mol. The van der Waals surface area contributed by atoms with Crippen LogP contribution >= 0.6 is 0 Å². The van der Waals surface area contributed by atoms with E-state index in [-0.39, 0.29) is 6.04 Å². The molecule has 0 amide bonds. The summed E-state index contributed by atoms with van der Waals surface area (Å²) in [7, 11) is 1.94. The Bertz CT molecular complexity index is 650. The van der Waals surface area contributed by atoms with E-state index in [1.165, 1.54) is 0 Å². The predicted octanol–water partition coefficient (Wildman–Crippen LogP) is 2.96. The standard InChI is InChI=1S/C15H17N3O/c1-3-18-12(8-9-17-18)15(16-2)14-10-11-6-4-5-7-13(11)19-14/h4-10,15-16H,3H2,1-2H3. The van der Waals surface area contributed by atoms with Gasteiger partial charge >= 0.3 is 0 Å². The number of aromatic nitrogens is 2. The van der Waals surface area contributed by atoms with Gasteiger partial charge in [0, 0.05) is 18.1 Å². The average Bonchev–Trinajstić information content (AvgIpc) is 3.05. The molecule has 2 heterocycles. The number of nitrogens with one attached hydrogen (secondary N) is 1. The van der Waals surface area contributed by atoms with E-state index in [0.717, 1.165) is 29.0 Å². The lowest BCUT2D eigenvalue weighted by Gasteiger charge is -2.14. The van der Waals surface area contributed by atoms with Crippen LogP contribution in [0.5, 0.6) is 0 Å². The Morgan fingerprint density at radius 1 is 1.32 bits per heavy atom. The van der Waals surface area contributed by atoms with E-state index in [4.69, 9.17) is 4.42 Å². The minimum Gasteiger partial charge on any atom is -0.459 e. The van der Waals surface area contributed by atoms with Crippen molar-refractivity contribution in [3.05, 3.63) is 54.0 Å². The molecule has 0 aliphatic carbocycles. The van der Waals surface area contributed by atoms with Gasteiger partial charge in [-0.25, -0.2) is 0 Å². The van der Waals surface area contributed by atoms with Crippen LogP contribution in [0.2, 0.25) is 0 Å². The van der Waals surface area contributed by atoms with Crippen LogP contribution in [0.3, 0.4) is 0 Å². The number of furan rings is 1. The Hall–Kier alpha value is -2.07. The molecule has 0 bridgehead atoms. The summed E-state index contributed by atoms with van der Waals surface area (Å²) < 4.78 is 7.92. The normalized spacial score (nSPS) is 12.9. The molecule has 3 aromatic rings. The van der Waals surface area contributed by atoms with E-state index in [1.807, 2.05) is 42.2 Å². The number of hydrogen-bond acceptors (Lipinski definition) is 3. The second-order valence-electron chi connectivity index (χ2n) is 4.48. The maximum absolute atomic E-state index is 5.94. The summed E-state index contributed by atoms with van der Waals surface area (Å²) in [5, 5.41) is 8.75. The summed E-state index contributed by atoms with van der Waals surface area (Å²) >= 11 is 0. The van der Waals surface area contributed by atoms with Crippen LogP contribution in [0.1, 0.15) is 24.4 Å². The largest absolute Gasteiger partial charge is 0.459 e. The Balaban J connectivity index is 2.06. The van der Waals surface area contributed by atoms with Crippen molar-refractivity contribution in [1.29, 1.82) is 0 Å². The molecule has 1 atom stereocenters. The van der Waals surface area contributed by atoms with Gasteiger partial charge in [0.1, 0.15) is 17.4 Å². The van der Waals surface area contributed by atoms with E-state index in [0.29, 0.717) is 0 Å². The van der Waals surface area contributed by atoms with Crippen molar-refractivity contribution in [2.75, 3.05) is 7.05 Å². The van der Waals surface area contributed by atoms with Crippen LogP contribution in [0.4, 0.5) is 0 Å². The highest BCUT2D eigenvalue weighted by Gasteiger charge is 2.19. The highest BCUT2D eigenvalue weighted by Crippen LogP contribution is 2.27. The number of para-hydroxylation sites is 1. The van der Waals surface area contributed by atoms with Crippen LogP contribution in [0, 0.1) is 0 Å².